The highest BCUT2D eigenvalue weighted by molar-refractivity contribution is 6.01. The number of anilines is 1. The van der Waals surface area contributed by atoms with Gasteiger partial charge in [0.1, 0.15) is 6.10 Å². The molecule has 1 amide bonds. The lowest BCUT2D eigenvalue weighted by atomic mass is 9.90. The molecule has 1 fully saturated rings. The second-order valence-electron chi connectivity index (χ2n) is 5.20. The number of ketones is 1. The van der Waals surface area contributed by atoms with Crippen molar-refractivity contribution in [2.45, 2.75) is 25.4 Å². The summed E-state index contributed by atoms with van der Waals surface area (Å²) < 4.78 is 5.40. The van der Waals surface area contributed by atoms with Crippen LogP contribution in [0.2, 0.25) is 0 Å². The number of Topliss-reactive ketones (excluding diaryl/α,β-unsaturated/α-hetero) is 1. The van der Waals surface area contributed by atoms with Crippen molar-refractivity contribution in [1.82, 2.24) is 5.32 Å². The Hall–Kier alpha value is -1.72. The van der Waals surface area contributed by atoms with Gasteiger partial charge < -0.3 is 15.4 Å². The first kappa shape index (κ1) is 13.3. The molecule has 1 atom stereocenters. The van der Waals surface area contributed by atoms with Crippen molar-refractivity contribution in [3.8, 4) is 0 Å². The van der Waals surface area contributed by atoms with Crippen LogP contribution in [0.15, 0.2) is 18.2 Å². The zero-order chi connectivity index (χ0) is 13.9. The maximum atomic E-state index is 12.1. The molecule has 106 valence electrons. The van der Waals surface area contributed by atoms with Crippen LogP contribution in [0.1, 0.15) is 28.8 Å². The standard InChI is InChI=1S/C15H18N2O3/c18-13-3-1-2-10-4-5-11(8-12(10)13)17-15(19)14-9-16-6-7-20-14/h4-5,8,14,16H,1-3,6-7,9H2,(H,17,19). The summed E-state index contributed by atoms with van der Waals surface area (Å²) in [4.78, 5) is 23.9. The van der Waals surface area contributed by atoms with Crippen molar-refractivity contribution in [1.29, 1.82) is 0 Å². The number of hydrogen-bond acceptors (Lipinski definition) is 4. The van der Waals surface area contributed by atoms with Gasteiger partial charge in [-0.2, -0.15) is 0 Å². The van der Waals surface area contributed by atoms with E-state index in [1.54, 1.807) is 6.07 Å². The number of aryl methyl sites for hydroxylation is 1. The molecule has 1 heterocycles. The first-order valence-electron chi connectivity index (χ1n) is 7.03. The molecule has 0 saturated carbocycles. The molecular weight excluding hydrogens is 256 g/mol. The predicted molar refractivity (Wildman–Crippen MR) is 74.9 cm³/mol. The fourth-order valence-corrected chi connectivity index (χ4v) is 2.66. The first-order chi connectivity index (χ1) is 9.74. The van der Waals surface area contributed by atoms with Crippen LogP contribution >= 0.6 is 0 Å². The summed E-state index contributed by atoms with van der Waals surface area (Å²) in [7, 11) is 0. The lowest BCUT2D eigenvalue weighted by Crippen LogP contribution is -2.45. The Bertz CT molecular complexity index is 536. The Morgan fingerprint density at radius 3 is 3.05 bits per heavy atom. The van der Waals surface area contributed by atoms with Gasteiger partial charge in [-0.05, 0) is 30.5 Å². The van der Waals surface area contributed by atoms with Crippen molar-refractivity contribution in [3.05, 3.63) is 29.3 Å². The third-order valence-electron chi connectivity index (χ3n) is 3.75. The smallest absolute Gasteiger partial charge is 0.254 e. The summed E-state index contributed by atoms with van der Waals surface area (Å²) in [5.74, 6) is -0.00154. The van der Waals surface area contributed by atoms with Crippen LogP contribution < -0.4 is 10.6 Å². The monoisotopic (exact) mass is 274 g/mol. The molecule has 2 N–H and O–H groups in total. The Balaban J connectivity index is 1.72. The van der Waals surface area contributed by atoms with Crippen LogP contribution in [0, 0.1) is 0 Å². The number of ether oxygens (including phenoxy) is 1. The van der Waals surface area contributed by atoms with Crippen LogP contribution in [0.3, 0.4) is 0 Å². The number of carbonyl (C=O) groups excluding carboxylic acids is 2. The van der Waals surface area contributed by atoms with Crippen LogP contribution in [0.5, 0.6) is 0 Å². The molecule has 1 unspecified atom stereocenters. The van der Waals surface area contributed by atoms with Crippen LogP contribution in [0.4, 0.5) is 5.69 Å². The van der Waals surface area contributed by atoms with E-state index >= 15 is 0 Å². The van der Waals surface area contributed by atoms with E-state index in [2.05, 4.69) is 10.6 Å². The van der Waals surface area contributed by atoms with E-state index in [0.717, 1.165) is 30.5 Å². The summed E-state index contributed by atoms with van der Waals surface area (Å²) in [6, 6.07) is 5.57. The second kappa shape index (κ2) is 5.73. The quantitative estimate of drug-likeness (QED) is 0.848. The van der Waals surface area contributed by atoms with Gasteiger partial charge in [0, 0.05) is 30.8 Å². The Labute approximate surface area is 117 Å². The minimum atomic E-state index is -0.463. The number of benzene rings is 1. The molecule has 1 aliphatic heterocycles. The molecular formula is C15H18N2O3. The predicted octanol–water partition coefficient (Wildman–Crippen LogP) is 1.13. The Morgan fingerprint density at radius 2 is 2.25 bits per heavy atom. The van der Waals surface area contributed by atoms with Gasteiger partial charge in [-0.25, -0.2) is 0 Å². The minimum Gasteiger partial charge on any atom is -0.366 e. The van der Waals surface area contributed by atoms with Crippen molar-refractivity contribution < 1.29 is 14.3 Å². The molecule has 1 saturated heterocycles. The zero-order valence-electron chi connectivity index (χ0n) is 11.3. The largest absolute Gasteiger partial charge is 0.366 e. The normalized spacial score (nSPS) is 22.2. The van der Waals surface area contributed by atoms with E-state index in [0.29, 0.717) is 25.3 Å². The van der Waals surface area contributed by atoms with Gasteiger partial charge in [-0.3, -0.25) is 9.59 Å². The van der Waals surface area contributed by atoms with Crippen LogP contribution in [-0.2, 0) is 16.0 Å². The van der Waals surface area contributed by atoms with Gasteiger partial charge in [0.25, 0.3) is 5.91 Å². The van der Waals surface area contributed by atoms with Gasteiger partial charge >= 0.3 is 0 Å². The number of rotatable bonds is 2. The summed E-state index contributed by atoms with van der Waals surface area (Å²) in [5.41, 5.74) is 2.49. The number of carbonyl (C=O) groups is 2. The van der Waals surface area contributed by atoms with Gasteiger partial charge in [0.15, 0.2) is 5.78 Å². The van der Waals surface area contributed by atoms with E-state index in [4.69, 9.17) is 4.74 Å². The summed E-state index contributed by atoms with van der Waals surface area (Å²) in [5, 5.41) is 5.94. The highest BCUT2D eigenvalue weighted by atomic mass is 16.5. The van der Waals surface area contributed by atoms with E-state index in [-0.39, 0.29) is 11.7 Å². The van der Waals surface area contributed by atoms with Crippen LogP contribution in [-0.4, -0.2) is 37.5 Å². The highest BCUT2D eigenvalue weighted by Crippen LogP contribution is 2.24. The van der Waals surface area contributed by atoms with Crippen molar-refractivity contribution in [2.75, 3.05) is 25.0 Å². The Morgan fingerprint density at radius 1 is 1.35 bits per heavy atom. The van der Waals surface area contributed by atoms with Gasteiger partial charge in [0.2, 0.25) is 0 Å². The summed E-state index contributed by atoms with van der Waals surface area (Å²) in [6.07, 6.45) is 1.99. The molecule has 1 aromatic rings. The SMILES string of the molecule is O=C1CCCc2ccc(NC(=O)C3CNCCO3)cc21. The molecule has 5 nitrogen and oxygen atoms in total. The molecule has 1 aliphatic carbocycles. The summed E-state index contributed by atoms with van der Waals surface area (Å²) >= 11 is 0. The number of fused-ring (bicyclic) bond motifs is 1. The Kier molecular flexibility index (Phi) is 3.80. The van der Waals surface area contributed by atoms with E-state index in [9.17, 15) is 9.59 Å². The van der Waals surface area contributed by atoms with E-state index in [1.165, 1.54) is 0 Å². The van der Waals surface area contributed by atoms with Gasteiger partial charge in [0.05, 0.1) is 6.61 Å². The maximum absolute atomic E-state index is 12.1. The molecule has 5 heteroatoms. The third kappa shape index (κ3) is 2.73. The highest BCUT2D eigenvalue weighted by Gasteiger charge is 2.23. The van der Waals surface area contributed by atoms with Gasteiger partial charge in [-0.1, -0.05) is 6.07 Å². The fraction of sp³-hybridized carbons (Fsp3) is 0.467. The van der Waals surface area contributed by atoms with Crippen molar-refractivity contribution in [2.24, 2.45) is 0 Å². The van der Waals surface area contributed by atoms with Crippen LogP contribution in [0.25, 0.3) is 0 Å². The average Bonchev–Trinajstić information content (AvgIpc) is 2.49. The molecule has 3 rings (SSSR count). The topological polar surface area (TPSA) is 67.4 Å². The number of nitrogens with one attached hydrogen (secondary N) is 2. The molecule has 0 bridgehead atoms. The number of morpholine rings is 1. The average molecular weight is 274 g/mol. The molecule has 0 aromatic heterocycles. The maximum Gasteiger partial charge on any atom is 0.254 e. The molecule has 0 spiro atoms. The number of amides is 1. The summed E-state index contributed by atoms with van der Waals surface area (Å²) in [6.45, 7) is 1.84. The van der Waals surface area contributed by atoms with E-state index in [1.807, 2.05) is 12.1 Å². The van der Waals surface area contributed by atoms with E-state index < -0.39 is 6.10 Å². The third-order valence-corrected chi connectivity index (χ3v) is 3.75. The molecule has 1 aromatic carbocycles. The first-order valence-corrected chi connectivity index (χ1v) is 7.03. The molecule has 2 aliphatic rings. The fourth-order valence-electron chi connectivity index (χ4n) is 2.66. The van der Waals surface area contributed by atoms with Crippen molar-refractivity contribution >= 4 is 17.4 Å². The molecule has 20 heavy (non-hydrogen) atoms. The lowest BCUT2D eigenvalue weighted by Gasteiger charge is -2.23. The molecule has 0 radical (unpaired) electrons. The lowest BCUT2D eigenvalue weighted by molar-refractivity contribution is -0.128. The number of hydrogen-bond donors (Lipinski definition) is 2. The minimum absolute atomic E-state index is 0.165. The second-order valence-corrected chi connectivity index (χ2v) is 5.20. The van der Waals surface area contributed by atoms with Gasteiger partial charge in [-0.15, -0.1) is 0 Å². The van der Waals surface area contributed by atoms with Crippen molar-refractivity contribution in [3.63, 3.8) is 0 Å². The zero-order valence-corrected chi connectivity index (χ0v) is 11.3.